The molecule has 2 fully saturated rings. The molecule has 3 N–H and O–H groups in total. The van der Waals surface area contributed by atoms with Gasteiger partial charge in [0.05, 0.1) is 11.9 Å². The van der Waals surface area contributed by atoms with Crippen LogP contribution >= 0.6 is 0 Å². The van der Waals surface area contributed by atoms with Crippen molar-refractivity contribution in [2.45, 2.75) is 44.1 Å². The van der Waals surface area contributed by atoms with Gasteiger partial charge in [-0.1, -0.05) is 6.42 Å². The molecule has 5 nitrogen and oxygen atoms in total. The summed E-state index contributed by atoms with van der Waals surface area (Å²) in [5.74, 6) is 0.520. The van der Waals surface area contributed by atoms with Gasteiger partial charge in [-0.2, -0.15) is 4.98 Å². The maximum atomic E-state index is 11.4. The molecule has 0 unspecified atom stereocenters. The molecular formula is C13H20N4O. The number of aromatic nitrogens is 2. The van der Waals surface area contributed by atoms with E-state index < -0.39 is 0 Å². The molecule has 0 spiro atoms. The van der Waals surface area contributed by atoms with Crippen LogP contribution in [-0.2, 0) is 0 Å². The molecule has 18 heavy (non-hydrogen) atoms. The molecular weight excluding hydrogens is 228 g/mol. The molecule has 5 heteroatoms. The zero-order chi connectivity index (χ0) is 12.5. The third-order valence-corrected chi connectivity index (χ3v) is 4.22. The van der Waals surface area contributed by atoms with E-state index in [4.69, 9.17) is 5.73 Å². The molecule has 98 valence electrons. The molecule has 0 radical (unpaired) electrons. The van der Waals surface area contributed by atoms with E-state index in [-0.39, 0.29) is 5.69 Å². The van der Waals surface area contributed by atoms with Crippen LogP contribution in [0.25, 0.3) is 0 Å². The summed E-state index contributed by atoms with van der Waals surface area (Å²) in [6, 6.07) is 0.323. The Morgan fingerprint density at radius 2 is 2.00 bits per heavy atom. The molecule has 0 amide bonds. The molecule has 3 rings (SSSR count). The SMILES string of the molecule is NC1CCN(c2cnc(=O)[nH]c2C2CCC2)CC1. The highest BCUT2D eigenvalue weighted by Gasteiger charge is 2.27. The lowest BCUT2D eigenvalue weighted by Crippen LogP contribution is -2.41. The Hall–Kier alpha value is -1.36. The van der Waals surface area contributed by atoms with Gasteiger partial charge in [-0.15, -0.1) is 0 Å². The Kier molecular flexibility index (Phi) is 3.07. The summed E-state index contributed by atoms with van der Waals surface area (Å²) in [4.78, 5) is 20.6. The Labute approximate surface area is 106 Å². The van der Waals surface area contributed by atoms with Crippen molar-refractivity contribution in [1.82, 2.24) is 9.97 Å². The van der Waals surface area contributed by atoms with E-state index in [2.05, 4.69) is 14.9 Å². The van der Waals surface area contributed by atoms with Gasteiger partial charge in [-0.25, -0.2) is 4.79 Å². The molecule has 1 aliphatic carbocycles. The fourth-order valence-corrected chi connectivity index (χ4v) is 2.80. The first-order valence-electron chi connectivity index (χ1n) is 6.84. The van der Waals surface area contributed by atoms with Gasteiger partial charge in [0.15, 0.2) is 0 Å². The first-order chi connectivity index (χ1) is 8.74. The van der Waals surface area contributed by atoms with Crippen molar-refractivity contribution >= 4 is 5.69 Å². The smallest absolute Gasteiger partial charge is 0.345 e. The van der Waals surface area contributed by atoms with E-state index in [1.807, 2.05) is 0 Å². The van der Waals surface area contributed by atoms with Gasteiger partial charge in [-0.3, -0.25) is 0 Å². The summed E-state index contributed by atoms with van der Waals surface area (Å²) >= 11 is 0. The van der Waals surface area contributed by atoms with Gasteiger partial charge in [0.2, 0.25) is 0 Å². The van der Waals surface area contributed by atoms with Crippen molar-refractivity contribution in [3.63, 3.8) is 0 Å². The van der Waals surface area contributed by atoms with Crippen LogP contribution in [-0.4, -0.2) is 29.1 Å². The van der Waals surface area contributed by atoms with Crippen LogP contribution in [0.2, 0.25) is 0 Å². The molecule has 0 aromatic carbocycles. The molecule has 2 aliphatic rings. The van der Waals surface area contributed by atoms with E-state index >= 15 is 0 Å². The third-order valence-electron chi connectivity index (χ3n) is 4.22. The van der Waals surface area contributed by atoms with E-state index in [9.17, 15) is 4.79 Å². The number of nitrogens with one attached hydrogen (secondary N) is 1. The van der Waals surface area contributed by atoms with Crippen molar-refractivity contribution in [3.8, 4) is 0 Å². The first-order valence-corrected chi connectivity index (χ1v) is 6.84. The minimum absolute atomic E-state index is 0.227. The standard InChI is InChI=1S/C13H20N4O/c14-10-4-6-17(7-5-10)11-8-15-13(18)16-12(11)9-2-1-3-9/h8-10H,1-7,14H2,(H,15,16,18). The maximum absolute atomic E-state index is 11.4. The molecule has 1 aromatic rings. The lowest BCUT2D eigenvalue weighted by Gasteiger charge is -2.35. The number of piperidine rings is 1. The maximum Gasteiger partial charge on any atom is 0.345 e. The summed E-state index contributed by atoms with van der Waals surface area (Å²) in [6.07, 6.45) is 7.40. The van der Waals surface area contributed by atoms with Gasteiger partial charge >= 0.3 is 5.69 Å². The van der Waals surface area contributed by atoms with Crippen LogP contribution in [0.5, 0.6) is 0 Å². The molecule has 0 atom stereocenters. The Bertz CT molecular complexity index is 472. The monoisotopic (exact) mass is 248 g/mol. The fraction of sp³-hybridized carbons (Fsp3) is 0.692. The van der Waals surface area contributed by atoms with Crippen LogP contribution in [0.1, 0.15) is 43.7 Å². The lowest BCUT2D eigenvalue weighted by molar-refractivity contribution is 0.407. The first kappa shape index (κ1) is 11.7. The Morgan fingerprint density at radius 1 is 1.28 bits per heavy atom. The molecule has 1 saturated heterocycles. The van der Waals surface area contributed by atoms with E-state index in [0.717, 1.165) is 37.3 Å². The second-order valence-electron chi connectivity index (χ2n) is 5.44. The van der Waals surface area contributed by atoms with Gasteiger partial charge in [-0.05, 0) is 25.7 Å². The highest BCUT2D eigenvalue weighted by atomic mass is 16.1. The summed E-state index contributed by atoms with van der Waals surface area (Å²) in [6.45, 7) is 1.93. The number of aromatic amines is 1. The lowest BCUT2D eigenvalue weighted by atomic mass is 9.82. The number of rotatable bonds is 2. The van der Waals surface area contributed by atoms with Gasteiger partial charge in [0, 0.05) is 30.7 Å². The van der Waals surface area contributed by atoms with Crippen molar-refractivity contribution < 1.29 is 0 Å². The fourth-order valence-electron chi connectivity index (χ4n) is 2.80. The van der Waals surface area contributed by atoms with Crippen molar-refractivity contribution in [3.05, 3.63) is 22.4 Å². The summed E-state index contributed by atoms with van der Waals surface area (Å²) in [5.41, 5.74) is 7.92. The van der Waals surface area contributed by atoms with Gasteiger partial charge < -0.3 is 15.6 Å². The van der Waals surface area contributed by atoms with Crippen LogP contribution in [0.3, 0.4) is 0 Å². The number of H-pyrrole nitrogens is 1. The van der Waals surface area contributed by atoms with Crippen molar-refractivity contribution in [1.29, 1.82) is 0 Å². The molecule has 1 aromatic heterocycles. The molecule has 1 aliphatic heterocycles. The van der Waals surface area contributed by atoms with Gasteiger partial charge in [0.25, 0.3) is 0 Å². The number of hydrogen-bond donors (Lipinski definition) is 2. The Morgan fingerprint density at radius 3 is 2.61 bits per heavy atom. The predicted octanol–water partition coefficient (Wildman–Crippen LogP) is 0.965. The topological polar surface area (TPSA) is 75.0 Å². The van der Waals surface area contributed by atoms with Gasteiger partial charge in [0.1, 0.15) is 0 Å². The second-order valence-corrected chi connectivity index (χ2v) is 5.44. The highest BCUT2D eigenvalue weighted by molar-refractivity contribution is 5.51. The van der Waals surface area contributed by atoms with Crippen molar-refractivity contribution in [2.24, 2.45) is 5.73 Å². The summed E-state index contributed by atoms with van der Waals surface area (Å²) in [5, 5.41) is 0. The Balaban J connectivity index is 1.88. The van der Waals surface area contributed by atoms with Crippen LogP contribution in [0, 0.1) is 0 Å². The van der Waals surface area contributed by atoms with E-state index in [1.54, 1.807) is 6.20 Å². The number of nitrogens with two attached hydrogens (primary N) is 1. The number of hydrogen-bond acceptors (Lipinski definition) is 4. The minimum Gasteiger partial charge on any atom is -0.369 e. The van der Waals surface area contributed by atoms with Crippen molar-refractivity contribution in [2.75, 3.05) is 18.0 Å². The van der Waals surface area contributed by atoms with E-state index in [1.165, 1.54) is 19.3 Å². The highest BCUT2D eigenvalue weighted by Crippen LogP contribution is 2.39. The normalized spacial score (nSPS) is 21.9. The average molecular weight is 248 g/mol. The second kappa shape index (κ2) is 4.72. The van der Waals surface area contributed by atoms with Crippen LogP contribution < -0.4 is 16.3 Å². The molecule has 2 heterocycles. The number of anilines is 1. The minimum atomic E-state index is -0.227. The number of nitrogens with zero attached hydrogens (tertiary/aromatic N) is 2. The van der Waals surface area contributed by atoms with E-state index in [0.29, 0.717) is 12.0 Å². The predicted molar refractivity (Wildman–Crippen MR) is 70.9 cm³/mol. The molecule has 1 saturated carbocycles. The summed E-state index contributed by atoms with van der Waals surface area (Å²) in [7, 11) is 0. The summed E-state index contributed by atoms with van der Waals surface area (Å²) < 4.78 is 0. The zero-order valence-corrected chi connectivity index (χ0v) is 10.6. The molecule has 0 bridgehead atoms. The average Bonchev–Trinajstić information content (AvgIpc) is 2.29. The van der Waals surface area contributed by atoms with Crippen LogP contribution in [0.15, 0.2) is 11.0 Å². The van der Waals surface area contributed by atoms with Crippen LogP contribution in [0.4, 0.5) is 5.69 Å². The largest absolute Gasteiger partial charge is 0.369 e. The third kappa shape index (κ3) is 2.14. The zero-order valence-electron chi connectivity index (χ0n) is 10.6. The quantitative estimate of drug-likeness (QED) is 0.817.